The highest BCUT2D eigenvalue weighted by Crippen LogP contribution is 2.26. The largest absolute Gasteiger partial charge is 0.326 e. The Hall–Kier alpha value is -1.12. The number of carbonyl (C=O) groups excluding carboxylic acids is 1. The van der Waals surface area contributed by atoms with Gasteiger partial charge >= 0.3 is 0 Å². The maximum absolute atomic E-state index is 11.2. The third-order valence-corrected chi connectivity index (χ3v) is 3.51. The van der Waals surface area contributed by atoms with Crippen molar-refractivity contribution in [3.63, 3.8) is 0 Å². The van der Waals surface area contributed by atoms with Crippen LogP contribution in [0.2, 0.25) is 0 Å². The van der Waals surface area contributed by atoms with Gasteiger partial charge in [-0.15, -0.1) is 0 Å². The average molecular weight is 238 g/mol. The summed E-state index contributed by atoms with van der Waals surface area (Å²) in [5, 5.41) is 11.1. The number of unbranched alkanes of at least 4 members (excludes halogenated alkanes) is 2. The van der Waals surface area contributed by atoms with Gasteiger partial charge < -0.3 is 4.90 Å². The Balaban J connectivity index is 2.63. The van der Waals surface area contributed by atoms with Crippen molar-refractivity contribution in [2.24, 2.45) is 5.84 Å². The number of hydrazine groups is 1. The van der Waals surface area contributed by atoms with Crippen LogP contribution < -0.4 is 5.84 Å². The highest BCUT2D eigenvalue weighted by molar-refractivity contribution is 5.50. The summed E-state index contributed by atoms with van der Waals surface area (Å²) < 4.78 is 0. The molecule has 1 saturated heterocycles. The van der Waals surface area contributed by atoms with E-state index in [1.807, 2.05) is 0 Å². The molecule has 17 heavy (non-hydrogen) atoms. The van der Waals surface area contributed by atoms with Gasteiger partial charge in [-0.25, -0.2) is 5.01 Å². The van der Waals surface area contributed by atoms with Crippen molar-refractivity contribution in [2.75, 3.05) is 19.6 Å². The molecule has 0 unspecified atom stereocenters. The summed E-state index contributed by atoms with van der Waals surface area (Å²) in [5.74, 6) is 5.69. The zero-order valence-corrected chi connectivity index (χ0v) is 10.6. The first-order valence-corrected chi connectivity index (χ1v) is 6.31. The van der Waals surface area contributed by atoms with E-state index in [1.54, 1.807) is 9.91 Å². The summed E-state index contributed by atoms with van der Waals surface area (Å²) in [5.41, 5.74) is -0.634. The summed E-state index contributed by atoms with van der Waals surface area (Å²) in [6, 6.07) is 2.33. The van der Waals surface area contributed by atoms with Crippen LogP contribution in [0.4, 0.5) is 0 Å². The Morgan fingerprint density at radius 1 is 1.47 bits per heavy atom. The lowest BCUT2D eigenvalue weighted by atomic mass is 9.87. The topological polar surface area (TPSA) is 73.4 Å². The second-order valence-corrected chi connectivity index (χ2v) is 4.69. The zero-order chi connectivity index (χ0) is 12.7. The van der Waals surface area contributed by atoms with Crippen molar-refractivity contribution in [3.8, 4) is 6.07 Å². The summed E-state index contributed by atoms with van der Waals surface area (Å²) in [7, 11) is 0. The minimum Gasteiger partial charge on any atom is -0.326 e. The van der Waals surface area contributed by atoms with E-state index >= 15 is 0 Å². The molecule has 1 heterocycles. The van der Waals surface area contributed by atoms with Crippen LogP contribution in [0.25, 0.3) is 0 Å². The van der Waals surface area contributed by atoms with Crippen LogP contribution in [0.3, 0.4) is 0 Å². The van der Waals surface area contributed by atoms with Crippen molar-refractivity contribution in [1.29, 1.82) is 5.26 Å². The molecular weight excluding hydrogens is 216 g/mol. The maximum atomic E-state index is 11.2. The van der Waals surface area contributed by atoms with Gasteiger partial charge in [0.25, 0.3) is 0 Å². The van der Waals surface area contributed by atoms with Crippen molar-refractivity contribution in [3.05, 3.63) is 0 Å². The summed E-state index contributed by atoms with van der Waals surface area (Å²) in [6.07, 6.45) is 5.28. The molecule has 5 nitrogen and oxygen atoms in total. The number of piperidine rings is 1. The minimum atomic E-state index is -0.634. The molecule has 1 aliphatic rings. The Kier molecular flexibility index (Phi) is 5.39. The molecule has 0 radical (unpaired) electrons. The van der Waals surface area contributed by atoms with E-state index in [2.05, 4.69) is 13.0 Å². The number of nitrogens with zero attached hydrogens (tertiary/aromatic N) is 3. The number of carbonyl (C=O) groups is 1. The van der Waals surface area contributed by atoms with Gasteiger partial charge in [0.2, 0.25) is 6.41 Å². The van der Waals surface area contributed by atoms with Crippen LogP contribution >= 0.6 is 0 Å². The van der Waals surface area contributed by atoms with E-state index < -0.39 is 5.54 Å². The summed E-state index contributed by atoms with van der Waals surface area (Å²) in [4.78, 5) is 12.9. The van der Waals surface area contributed by atoms with Crippen LogP contribution in [-0.2, 0) is 4.79 Å². The Morgan fingerprint density at radius 2 is 2.12 bits per heavy atom. The molecule has 5 heteroatoms. The predicted molar refractivity (Wildman–Crippen MR) is 65.6 cm³/mol. The molecule has 0 saturated carbocycles. The molecule has 1 aliphatic heterocycles. The second kappa shape index (κ2) is 6.58. The molecule has 0 aromatic rings. The normalized spacial score (nSPS) is 19.6. The Morgan fingerprint density at radius 3 is 2.59 bits per heavy atom. The van der Waals surface area contributed by atoms with Crippen molar-refractivity contribution < 1.29 is 4.79 Å². The number of hydrogen-bond acceptors (Lipinski definition) is 4. The fraction of sp³-hybridized carbons (Fsp3) is 0.833. The number of rotatable bonds is 6. The molecule has 0 aliphatic carbocycles. The van der Waals surface area contributed by atoms with Crippen LogP contribution in [0.5, 0.6) is 0 Å². The highest BCUT2D eigenvalue weighted by Gasteiger charge is 2.39. The van der Waals surface area contributed by atoms with Gasteiger partial charge in [0.1, 0.15) is 5.54 Å². The molecule has 0 atom stereocenters. The third-order valence-electron chi connectivity index (χ3n) is 3.51. The summed E-state index contributed by atoms with van der Waals surface area (Å²) in [6.45, 7) is 4.14. The number of amides is 1. The molecule has 0 bridgehead atoms. The lowest BCUT2D eigenvalue weighted by Gasteiger charge is -2.41. The number of hydrogen-bond donors (Lipinski definition) is 1. The second-order valence-electron chi connectivity index (χ2n) is 4.69. The average Bonchev–Trinajstić information content (AvgIpc) is 2.37. The third kappa shape index (κ3) is 3.42. The number of nitrogens with two attached hydrogens (primary N) is 1. The molecule has 1 rings (SSSR count). The van der Waals surface area contributed by atoms with Gasteiger partial charge in [-0.1, -0.05) is 19.8 Å². The van der Waals surface area contributed by atoms with E-state index in [1.165, 1.54) is 0 Å². The molecule has 96 valence electrons. The van der Waals surface area contributed by atoms with E-state index in [4.69, 9.17) is 5.84 Å². The van der Waals surface area contributed by atoms with E-state index in [9.17, 15) is 10.1 Å². The fourth-order valence-corrected chi connectivity index (χ4v) is 2.26. The molecular formula is C12H22N4O. The fourth-order valence-electron chi connectivity index (χ4n) is 2.26. The predicted octanol–water partition coefficient (Wildman–Crippen LogP) is 0.867. The first-order chi connectivity index (χ1) is 8.18. The van der Waals surface area contributed by atoms with E-state index in [-0.39, 0.29) is 0 Å². The van der Waals surface area contributed by atoms with E-state index in [0.717, 1.165) is 25.7 Å². The van der Waals surface area contributed by atoms with Crippen molar-refractivity contribution in [1.82, 2.24) is 9.91 Å². The first kappa shape index (κ1) is 13.9. The highest BCUT2D eigenvalue weighted by atomic mass is 16.1. The van der Waals surface area contributed by atoms with Crippen molar-refractivity contribution in [2.45, 2.75) is 44.6 Å². The van der Waals surface area contributed by atoms with Crippen LogP contribution in [0.1, 0.15) is 39.0 Å². The zero-order valence-electron chi connectivity index (χ0n) is 10.6. The summed E-state index contributed by atoms with van der Waals surface area (Å²) >= 11 is 0. The molecule has 1 amide bonds. The van der Waals surface area contributed by atoms with Crippen LogP contribution in [0.15, 0.2) is 0 Å². The SMILES string of the molecule is CCCCCN(C=O)C1(C#N)CCN(N)CC1. The molecule has 0 aromatic heterocycles. The van der Waals surface area contributed by atoms with Gasteiger partial charge in [-0.3, -0.25) is 10.6 Å². The smallest absolute Gasteiger partial charge is 0.210 e. The first-order valence-electron chi connectivity index (χ1n) is 6.31. The van der Waals surface area contributed by atoms with Gasteiger partial charge in [-0.2, -0.15) is 5.26 Å². The van der Waals surface area contributed by atoms with Crippen molar-refractivity contribution >= 4 is 6.41 Å². The van der Waals surface area contributed by atoms with Gasteiger partial charge in [-0.05, 0) is 19.3 Å². The monoisotopic (exact) mass is 238 g/mol. The molecule has 1 fully saturated rings. The Bertz CT molecular complexity index is 279. The van der Waals surface area contributed by atoms with Gasteiger partial charge in [0.15, 0.2) is 0 Å². The lowest BCUT2D eigenvalue weighted by Crippen LogP contribution is -2.55. The quantitative estimate of drug-likeness (QED) is 0.423. The van der Waals surface area contributed by atoms with Crippen LogP contribution in [0, 0.1) is 11.3 Å². The standard InChI is InChI=1S/C12H22N4O/c1-2-3-4-7-15(11-17)12(10-13)5-8-16(14)9-6-12/h11H,2-9,14H2,1H3. The Labute approximate surface area is 103 Å². The molecule has 2 N–H and O–H groups in total. The van der Waals surface area contributed by atoms with Crippen LogP contribution in [-0.4, -0.2) is 41.5 Å². The number of nitriles is 1. The van der Waals surface area contributed by atoms with Gasteiger partial charge in [0, 0.05) is 19.6 Å². The lowest BCUT2D eigenvalue weighted by molar-refractivity contribution is -0.123. The maximum Gasteiger partial charge on any atom is 0.210 e. The molecule has 0 spiro atoms. The van der Waals surface area contributed by atoms with Gasteiger partial charge in [0.05, 0.1) is 6.07 Å². The minimum absolute atomic E-state index is 0.634. The van der Waals surface area contributed by atoms with E-state index in [0.29, 0.717) is 32.5 Å². The molecule has 0 aromatic carbocycles.